The molecule has 0 radical (unpaired) electrons. The van der Waals surface area contributed by atoms with Crippen molar-refractivity contribution in [1.29, 1.82) is 0 Å². The molecule has 11 heteroatoms. The average molecular weight is 410 g/mol. The van der Waals surface area contributed by atoms with Gasteiger partial charge in [-0.2, -0.15) is 0 Å². The molecule has 0 bridgehead atoms. The maximum absolute atomic E-state index is 12.5. The molecule has 142 valence electrons. The first-order valence-corrected chi connectivity index (χ1v) is 9.14. The SMILES string of the molecule is COCc1nnc(NC(=O)CC2NC(=O)N(Cc3ccccc3Cl)C2=O)s1. The van der Waals surface area contributed by atoms with Crippen LogP contribution in [0.1, 0.15) is 17.0 Å². The molecule has 1 aliphatic rings. The lowest BCUT2D eigenvalue weighted by Crippen LogP contribution is -2.34. The lowest BCUT2D eigenvalue weighted by atomic mass is 10.1. The van der Waals surface area contributed by atoms with Gasteiger partial charge in [0.25, 0.3) is 5.91 Å². The lowest BCUT2D eigenvalue weighted by Gasteiger charge is -2.14. The number of hydrogen-bond donors (Lipinski definition) is 2. The number of rotatable bonds is 7. The predicted molar refractivity (Wildman–Crippen MR) is 98.2 cm³/mol. The summed E-state index contributed by atoms with van der Waals surface area (Å²) in [5, 5.41) is 14.1. The second-order valence-electron chi connectivity index (χ2n) is 5.70. The summed E-state index contributed by atoms with van der Waals surface area (Å²) in [5.41, 5.74) is 0.646. The van der Waals surface area contributed by atoms with Crippen LogP contribution in [0.2, 0.25) is 5.02 Å². The van der Waals surface area contributed by atoms with Gasteiger partial charge < -0.3 is 15.4 Å². The van der Waals surface area contributed by atoms with Gasteiger partial charge in [-0.15, -0.1) is 10.2 Å². The highest BCUT2D eigenvalue weighted by Gasteiger charge is 2.39. The highest BCUT2D eigenvalue weighted by Crippen LogP contribution is 2.21. The third kappa shape index (κ3) is 4.59. The molecular weight excluding hydrogens is 394 g/mol. The summed E-state index contributed by atoms with van der Waals surface area (Å²) in [5.74, 6) is -0.930. The summed E-state index contributed by atoms with van der Waals surface area (Å²) in [4.78, 5) is 37.8. The number of methoxy groups -OCH3 is 1. The van der Waals surface area contributed by atoms with Crippen LogP contribution in [0.5, 0.6) is 0 Å². The molecule has 1 aromatic carbocycles. The van der Waals surface area contributed by atoms with Crippen LogP contribution in [-0.2, 0) is 27.5 Å². The van der Waals surface area contributed by atoms with Crippen LogP contribution in [0, 0.1) is 0 Å². The summed E-state index contributed by atoms with van der Waals surface area (Å²) in [6, 6.07) is 5.44. The van der Waals surface area contributed by atoms with Gasteiger partial charge in [0.2, 0.25) is 11.0 Å². The lowest BCUT2D eigenvalue weighted by molar-refractivity contribution is -0.130. The number of benzene rings is 1. The number of urea groups is 1. The van der Waals surface area contributed by atoms with E-state index in [0.717, 1.165) is 4.90 Å². The third-order valence-electron chi connectivity index (χ3n) is 3.76. The summed E-state index contributed by atoms with van der Waals surface area (Å²) >= 11 is 7.25. The zero-order valence-electron chi connectivity index (χ0n) is 14.3. The van der Waals surface area contributed by atoms with Crippen molar-refractivity contribution in [1.82, 2.24) is 20.4 Å². The van der Waals surface area contributed by atoms with Crippen LogP contribution in [0.4, 0.5) is 9.93 Å². The monoisotopic (exact) mass is 409 g/mol. The van der Waals surface area contributed by atoms with Crippen LogP contribution < -0.4 is 10.6 Å². The first-order chi connectivity index (χ1) is 13.0. The number of aromatic nitrogens is 2. The Kier molecular flexibility index (Phi) is 5.99. The zero-order valence-corrected chi connectivity index (χ0v) is 15.8. The van der Waals surface area contributed by atoms with Gasteiger partial charge in [-0.3, -0.25) is 14.5 Å². The Morgan fingerprint density at radius 3 is 2.89 bits per heavy atom. The molecule has 1 unspecified atom stereocenters. The molecule has 1 aliphatic heterocycles. The minimum absolute atomic E-state index is 0.0409. The fraction of sp³-hybridized carbons (Fsp3) is 0.312. The summed E-state index contributed by atoms with van der Waals surface area (Å²) < 4.78 is 4.94. The maximum atomic E-state index is 12.5. The Morgan fingerprint density at radius 1 is 1.37 bits per heavy atom. The molecule has 27 heavy (non-hydrogen) atoms. The van der Waals surface area contributed by atoms with Crippen LogP contribution >= 0.6 is 22.9 Å². The fourth-order valence-corrected chi connectivity index (χ4v) is 3.43. The number of ether oxygens (including phenoxy) is 1. The molecule has 1 aromatic heterocycles. The number of nitrogens with one attached hydrogen (secondary N) is 2. The molecule has 2 aromatic rings. The second kappa shape index (κ2) is 8.42. The highest BCUT2D eigenvalue weighted by molar-refractivity contribution is 7.15. The Hall–Kier alpha value is -2.56. The van der Waals surface area contributed by atoms with Gasteiger partial charge in [-0.25, -0.2) is 4.79 Å². The van der Waals surface area contributed by atoms with E-state index in [0.29, 0.717) is 27.3 Å². The van der Waals surface area contributed by atoms with Crippen molar-refractivity contribution in [2.24, 2.45) is 0 Å². The number of imide groups is 1. The zero-order chi connectivity index (χ0) is 19.4. The minimum atomic E-state index is -0.939. The van der Waals surface area contributed by atoms with Gasteiger partial charge >= 0.3 is 6.03 Å². The van der Waals surface area contributed by atoms with Gasteiger partial charge in [0.15, 0.2) is 0 Å². The molecule has 4 amide bonds. The fourth-order valence-electron chi connectivity index (χ4n) is 2.50. The van der Waals surface area contributed by atoms with Crippen LogP contribution in [0.3, 0.4) is 0 Å². The van der Waals surface area contributed by atoms with Crippen LogP contribution in [0.25, 0.3) is 0 Å². The molecule has 1 fully saturated rings. The quantitative estimate of drug-likeness (QED) is 0.674. The molecule has 3 rings (SSSR count). The van der Waals surface area contributed by atoms with Crippen molar-refractivity contribution in [3.05, 3.63) is 39.9 Å². The number of amides is 4. The van der Waals surface area contributed by atoms with E-state index in [2.05, 4.69) is 20.8 Å². The van der Waals surface area contributed by atoms with Crippen molar-refractivity contribution < 1.29 is 19.1 Å². The van der Waals surface area contributed by atoms with Gasteiger partial charge in [0, 0.05) is 12.1 Å². The number of carbonyl (C=O) groups is 3. The second-order valence-corrected chi connectivity index (χ2v) is 7.17. The summed E-state index contributed by atoms with van der Waals surface area (Å²) in [7, 11) is 1.53. The van der Waals surface area contributed by atoms with Crippen molar-refractivity contribution in [2.45, 2.75) is 25.6 Å². The summed E-state index contributed by atoms with van der Waals surface area (Å²) in [6.45, 7) is 0.334. The van der Waals surface area contributed by atoms with E-state index < -0.39 is 23.9 Å². The van der Waals surface area contributed by atoms with Crippen LogP contribution in [0.15, 0.2) is 24.3 Å². The average Bonchev–Trinajstić information content (AvgIpc) is 3.16. The molecule has 2 heterocycles. The molecule has 0 saturated carbocycles. The van der Waals surface area contributed by atoms with Crippen molar-refractivity contribution >= 4 is 45.9 Å². The van der Waals surface area contributed by atoms with E-state index in [9.17, 15) is 14.4 Å². The summed E-state index contributed by atoms with van der Waals surface area (Å²) in [6.07, 6.45) is -0.206. The molecule has 9 nitrogen and oxygen atoms in total. The Bertz CT molecular complexity index is 874. The number of anilines is 1. The smallest absolute Gasteiger partial charge is 0.325 e. The first-order valence-electron chi connectivity index (χ1n) is 7.94. The predicted octanol–water partition coefficient (Wildman–Crippen LogP) is 1.79. The third-order valence-corrected chi connectivity index (χ3v) is 4.94. The van der Waals surface area contributed by atoms with E-state index in [1.165, 1.54) is 18.4 Å². The molecular formula is C16H16ClN5O4S. The largest absolute Gasteiger partial charge is 0.377 e. The number of halogens is 1. The van der Waals surface area contributed by atoms with E-state index in [1.807, 2.05) is 0 Å². The highest BCUT2D eigenvalue weighted by atomic mass is 35.5. The van der Waals surface area contributed by atoms with E-state index in [-0.39, 0.29) is 13.0 Å². The number of carbonyl (C=O) groups excluding carboxylic acids is 3. The van der Waals surface area contributed by atoms with Gasteiger partial charge in [0.1, 0.15) is 17.7 Å². The molecule has 2 N–H and O–H groups in total. The van der Waals surface area contributed by atoms with Gasteiger partial charge in [-0.05, 0) is 11.6 Å². The normalized spacial score (nSPS) is 16.5. The number of hydrogen-bond acceptors (Lipinski definition) is 7. The van der Waals surface area contributed by atoms with Gasteiger partial charge in [-0.1, -0.05) is 41.1 Å². The number of nitrogens with zero attached hydrogens (tertiary/aromatic N) is 3. The van der Waals surface area contributed by atoms with Gasteiger partial charge in [0.05, 0.1) is 13.0 Å². The molecule has 1 saturated heterocycles. The Balaban J connectivity index is 1.59. The van der Waals surface area contributed by atoms with Crippen molar-refractivity contribution in [3.8, 4) is 0 Å². The maximum Gasteiger partial charge on any atom is 0.325 e. The Morgan fingerprint density at radius 2 is 2.15 bits per heavy atom. The molecule has 0 spiro atoms. The first kappa shape index (κ1) is 19.2. The molecule has 0 aliphatic carbocycles. The van der Waals surface area contributed by atoms with E-state index in [4.69, 9.17) is 16.3 Å². The minimum Gasteiger partial charge on any atom is -0.377 e. The molecule has 1 atom stereocenters. The Labute approximate surface area is 163 Å². The standard InChI is InChI=1S/C16H16ClN5O4S/c1-26-8-13-20-21-15(27-13)19-12(23)6-11-14(24)22(16(25)18-11)7-9-4-2-3-5-10(9)17/h2-5,11H,6-8H2,1H3,(H,18,25)(H,19,21,23). The topological polar surface area (TPSA) is 114 Å². The van der Waals surface area contributed by atoms with Crippen molar-refractivity contribution in [2.75, 3.05) is 12.4 Å². The van der Waals surface area contributed by atoms with E-state index in [1.54, 1.807) is 24.3 Å². The van der Waals surface area contributed by atoms with E-state index >= 15 is 0 Å². The van der Waals surface area contributed by atoms with Crippen LogP contribution in [-0.4, -0.2) is 46.1 Å². The van der Waals surface area contributed by atoms with Crippen molar-refractivity contribution in [3.63, 3.8) is 0 Å².